The molecule has 0 aliphatic carbocycles. The molecular weight excluding hydrogens is 609 g/mol. The largest absolute Gasteiger partial charge is 0.481 e. The molecule has 1 atom stereocenters. The molecule has 45 heavy (non-hydrogen) atoms. The van der Waals surface area contributed by atoms with Gasteiger partial charge in [0, 0.05) is 25.6 Å². The lowest BCUT2D eigenvalue weighted by atomic mass is 10.1. The molecule has 0 fully saturated rings. The zero-order chi connectivity index (χ0) is 32.7. The predicted molar refractivity (Wildman–Crippen MR) is 167 cm³/mol. The number of carboxylic acids is 1. The molecule has 4 rings (SSSR count). The highest BCUT2D eigenvalue weighted by atomic mass is 32.2. The first-order chi connectivity index (χ1) is 21.4. The highest BCUT2D eigenvalue weighted by Gasteiger charge is 2.25. The number of thioether (sulfide) groups is 1. The maximum Gasteiger partial charge on any atom is 0.414 e. The fraction of sp³-hybridized carbons (Fsp3) is 0.429. The number of fused-ring (bicyclic) bond motifs is 3. The molecular formula is C28H36FN9O6S. The number of nitrogens with zero attached hydrogens (tertiary/aromatic N) is 5. The van der Waals surface area contributed by atoms with Crippen LogP contribution in [0.15, 0.2) is 29.7 Å². The number of H-pyrrole nitrogens is 1. The van der Waals surface area contributed by atoms with Gasteiger partial charge in [0.05, 0.1) is 47.4 Å². The van der Waals surface area contributed by atoms with Crippen LogP contribution in [0.5, 0.6) is 11.8 Å². The van der Waals surface area contributed by atoms with Crippen molar-refractivity contribution in [3.8, 4) is 11.8 Å². The molecule has 0 unspecified atom stereocenters. The van der Waals surface area contributed by atoms with Crippen LogP contribution in [-0.4, -0.2) is 92.8 Å². The van der Waals surface area contributed by atoms with Gasteiger partial charge in [-0.2, -0.15) is 9.97 Å². The van der Waals surface area contributed by atoms with Crippen molar-refractivity contribution in [2.75, 3.05) is 49.3 Å². The van der Waals surface area contributed by atoms with E-state index in [1.807, 2.05) is 0 Å². The summed E-state index contributed by atoms with van der Waals surface area (Å²) >= 11 is 0.957. The smallest absolute Gasteiger partial charge is 0.414 e. The average molecular weight is 646 g/mol. The molecule has 4 aromatic rings. The van der Waals surface area contributed by atoms with Gasteiger partial charge in [-0.15, -0.1) is 0 Å². The normalized spacial score (nSPS) is 12.3. The van der Waals surface area contributed by atoms with Crippen molar-refractivity contribution in [1.82, 2.24) is 24.9 Å². The summed E-state index contributed by atoms with van der Waals surface area (Å²) in [4.78, 5) is 45.4. The Hall–Kier alpha value is -4.32. The Bertz CT molecular complexity index is 1650. The molecule has 0 saturated carbocycles. The van der Waals surface area contributed by atoms with Crippen LogP contribution >= 0.6 is 11.8 Å². The summed E-state index contributed by atoms with van der Waals surface area (Å²) in [6.45, 7) is 6.55. The fourth-order valence-corrected chi connectivity index (χ4v) is 4.61. The van der Waals surface area contributed by atoms with Gasteiger partial charge in [0.25, 0.3) is 0 Å². The van der Waals surface area contributed by atoms with Gasteiger partial charge in [0.2, 0.25) is 0 Å². The topological polar surface area (TPSA) is 217 Å². The van der Waals surface area contributed by atoms with Crippen molar-refractivity contribution >= 4 is 57.3 Å². The van der Waals surface area contributed by atoms with Gasteiger partial charge in [0.1, 0.15) is 22.9 Å². The molecule has 0 spiro atoms. The van der Waals surface area contributed by atoms with Crippen molar-refractivity contribution < 1.29 is 33.3 Å². The summed E-state index contributed by atoms with van der Waals surface area (Å²) in [7, 11) is 1.48. The first-order valence-corrected chi connectivity index (χ1v) is 15.0. The monoisotopic (exact) mass is 645 g/mol. The lowest BCUT2D eigenvalue weighted by Crippen LogP contribution is -2.34. The molecule has 0 radical (unpaired) electrons. The third-order valence-electron chi connectivity index (χ3n) is 6.09. The number of nitrogens with two attached hydrogens (primary N) is 2. The number of aromatic nitrogens is 5. The minimum absolute atomic E-state index is 0.103. The predicted octanol–water partition coefficient (Wildman–Crippen LogP) is 3.49. The molecule has 0 aliphatic rings. The van der Waals surface area contributed by atoms with E-state index in [1.54, 1.807) is 20.8 Å². The van der Waals surface area contributed by atoms with Crippen LogP contribution in [0, 0.1) is 5.82 Å². The summed E-state index contributed by atoms with van der Waals surface area (Å²) in [6, 6.07) is 2.03. The number of aromatic amines is 1. The highest BCUT2D eigenvalue weighted by molar-refractivity contribution is 7.99. The van der Waals surface area contributed by atoms with E-state index in [4.69, 9.17) is 30.8 Å². The third kappa shape index (κ3) is 8.87. The summed E-state index contributed by atoms with van der Waals surface area (Å²) in [6.07, 6.45) is 2.73. The van der Waals surface area contributed by atoms with E-state index in [2.05, 4.69) is 30.2 Å². The van der Waals surface area contributed by atoms with E-state index < -0.39 is 29.5 Å². The van der Waals surface area contributed by atoms with Crippen molar-refractivity contribution in [2.45, 2.75) is 44.0 Å². The number of nitrogens with one attached hydrogen (secondary N) is 2. The number of hydrogen-bond donors (Lipinski definition) is 5. The number of aliphatic carboxylic acids is 1. The maximum absolute atomic E-state index is 15.1. The van der Waals surface area contributed by atoms with Crippen molar-refractivity contribution in [3.63, 3.8) is 0 Å². The SMILES string of the molecule is CN(C(=O)OC(C)(C)C)c1cc(F)cc2c1[nH]c1nc(Oc3cnc(SCC(=O)O)nc3)nc(N[C@H](CN)COCCCN)c12. The summed E-state index contributed by atoms with van der Waals surface area (Å²) < 4.78 is 32.1. The lowest BCUT2D eigenvalue weighted by molar-refractivity contribution is -0.133. The van der Waals surface area contributed by atoms with Crippen LogP contribution in [0.1, 0.15) is 27.2 Å². The Morgan fingerprint density at radius 1 is 1.20 bits per heavy atom. The fourth-order valence-electron chi connectivity index (χ4n) is 4.10. The van der Waals surface area contributed by atoms with Gasteiger partial charge in [-0.25, -0.2) is 19.2 Å². The zero-order valence-corrected chi connectivity index (χ0v) is 26.1. The van der Waals surface area contributed by atoms with Gasteiger partial charge < -0.3 is 41.1 Å². The molecule has 1 aromatic carbocycles. The van der Waals surface area contributed by atoms with E-state index in [0.29, 0.717) is 35.9 Å². The van der Waals surface area contributed by atoms with Gasteiger partial charge >= 0.3 is 18.1 Å². The number of halogens is 1. The number of carboxylic acid groups (broad SMARTS) is 1. The van der Waals surface area contributed by atoms with Crippen LogP contribution in [0.4, 0.5) is 20.7 Å². The molecule has 15 nitrogen and oxygen atoms in total. The molecule has 242 valence electrons. The van der Waals surface area contributed by atoms with Crippen LogP contribution < -0.4 is 26.4 Å². The number of hydrogen-bond acceptors (Lipinski definition) is 13. The number of ether oxygens (including phenoxy) is 3. The average Bonchev–Trinajstić information content (AvgIpc) is 3.34. The number of anilines is 2. The van der Waals surface area contributed by atoms with Crippen LogP contribution in [0.2, 0.25) is 0 Å². The first-order valence-electron chi connectivity index (χ1n) is 14.0. The van der Waals surface area contributed by atoms with Crippen molar-refractivity contribution in [2.24, 2.45) is 11.5 Å². The molecule has 7 N–H and O–H groups in total. The second-order valence-electron chi connectivity index (χ2n) is 10.9. The minimum Gasteiger partial charge on any atom is -0.481 e. The Morgan fingerprint density at radius 2 is 1.93 bits per heavy atom. The number of amides is 1. The molecule has 0 saturated heterocycles. The van der Waals surface area contributed by atoms with Gasteiger partial charge in [0.15, 0.2) is 10.9 Å². The van der Waals surface area contributed by atoms with Crippen molar-refractivity contribution in [1.29, 1.82) is 0 Å². The third-order valence-corrected chi connectivity index (χ3v) is 6.95. The number of benzene rings is 1. The Balaban J connectivity index is 1.77. The van der Waals surface area contributed by atoms with Crippen molar-refractivity contribution in [3.05, 3.63) is 30.3 Å². The van der Waals surface area contributed by atoms with E-state index in [9.17, 15) is 9.59 Å². The standard InChI is InChI=1S/C28H36FN9O6S/c1-28(2,3)44-27(41)38(4)19-9-15(29)8-18-21-23(34-16(10-31)13-42-7-5-6-30)36-25(37-24(21)35-22(18)19)43-17-11-32-26(33-12-17)45-14-20(39)40/h8-9,11-12,16H,5-7,10,13-14,30-31H2,1-4H3,(H,39,40)(H2,34,35,36,37)/t16-/m1/s1. The highest BCUT2D eigenvalue weighted by Crippen LogP contribution is 2.37. The van der Waals surface area contributed by atoms with E-state index in [1.165, 1.54) is 36.5 Å². The van der Waals surface area contributed by atoms with E-state index in [-0.39, 0.29) is 53.0 Å². The molecule has 3 heterocycles. The van der Waals surface area contributed by atoms with Gasteiger partial charge in [-0.3, -0.25) is 9.69 Å². The van der Waals surface area contributed by atoms with Crippen LogP contribution in [-0.2, 0) is 14.3 Å². The number of rotatable bonds is 14. The summed E-state index contributed by atoms with van der Waals surface area (Å²) in [5.41, 5.74) is 11.7. The maximum atomic E-state index is 15.1. The van der Waals surface area contributed by atoms with E-state index in [0.717, 1.165) is 11.8 Å². The second kappa shape index (κ2) is 14.6. The van der Waals surface area contributed by atoms with Crippen LogP contribution in [0.3, 0.4) is 0 Å². The Kier molecular flexibility index (Phi) is 10.9. The first kappa shape index (κ1) is 33.6. The zero-order valence-electron chi connectivity index (χ0n) is 25.3. The van der Waals surface area contributed by atoms with Gasteiger partial charge in [-0.05, 0) is 45.9 Å². The van der Waals surface area contributed by atoms with Crippen LogP contribution in [0.25, 0.3) is 21.9 Å². The Morgan fingerprint density at radius 3 is 2.58 bits per heavy atom. The molecule has 1 amide bonds. The van der Waals surface area contributed by atoms with Gasteiger partial charge in [-0.1, -0.05) is 11.8 Å². The minimum atomic E-state index is -0.995. The summed E-state index contributed by atoms with van der Waals surface area (Å²) in [5.74, 6) is -1.33. The molecule has 0 aliphatic heterocycles. The lowest BCUT2D eigenvalue weighted by Gasteiger charge is -2.25. The second-order valence-corrected chi connectivity index (χ2v) is 11.8. The Labute approximate surface area is 262 Å². The summed E-state index contributed by atoms with van der Waals surface area (Å²) in [5, 5.41) is 13.2. The number of carbonyl (C=O) groups excluding carboxylic acids is 1. The van der Waals surface area contributed by atoms with E-state index >= 15 is 4.39 Å². The quantitative estimate of drug-likeness (QED) is 0.0754. The number of carbonyl (C=O) groups is 2. The molecule has 17 heteroatoms. The molecule has 3 aromatic heterocycles. The molecule has 0 bridgehead atoms.